The summed E-state index contributed by atoms with van der Waals surface area (Å²) < 4.78 is 10.4. The number of amides is 1. The standard InChI is InChI=1S/C14H10ClNO4/c15-9-2-3-11(17)10(6-9)16-14(18)8-1-4-12-13(5-8)20-7-19-12/h1-6,17H,7H2,(H,16,18). The first-order chi connectivity index (χ1) is 9.63. The second-order valence-electron chi connectivity index (χ2n) is 4.18. The fraction of sp³-hybridized carbons (Fsp3) is 0.0714. The van der Waals surface area contributed by atoms with Crippen LogP contribution in [0.4, 0.5) is 5.69 Å². The maximum atomic E-state index is 12.1. The van der Waals surface area contributed by atoms with E-state index < -0.39 is 0 Å². The average molecular weight is 292 g/mol. The normalized spacial score (nSPS) is 12.2. The maximum absolute atomic E-state index is 12.1. The summed E-state index contributed by atoms with van der Waals surface area (Å²) in [6.45, 7) is 0.148. The lowest BCUT2D eigenvalue weighted by atomic mass is 10.2. The van der Waals surface area contributed by atoms with Crippen LogP contribution in [0.25, 0.3) is 0 Å². The van der Waals surface area contributed by atoms with Gasteiger partial charge in [0.05, 0.1) is 5.69 Å². The van der Waals surface area contributed by atoms with Crippen LogP contribution < -0.4 is 14.8 Å². The van der Waals surface area contributed by atoms with Crippen LogP contribution in [0.15, 0.2) is 36.4 Å². The molecule has 6 heteroatoms. The predicted molar refractivity (Wildman–Crippen MR) is 73.6 cm³/mol. The highest BCUT2D eigenvalue weighted by atomic mass is 35.5. The summed E-state index contributed by atoms with van der Waals surface area (Å²) in [5, 5.41) is 12.7. The predicted octanol–water partition coefficient (Wildman–Crippen LogP) is 3.03. The van der Waals surface area contributed by atoms with Gasteiger partial charge in [0.15, 0.2) is 11.5 Å². The number of phenols is 1. The molecule has 0 aliphatic carbocycles. The molecule has 2 aromatic rings. The Bertz CT molecular complexity index is 687. The van der Waals surface area contributed by atoms with Gasteiger partial charge in [0.2, 0.25) is 6.79 Å². The number of hydrogen-bond acceptors (Lipinski definition) is 4. The molecule has 2 N–H and O–H groups in total. The molecular formula is C14H10ClNO4. The van der Waals surface area contributed by atoms with Gasteiger partial charge in [0.1, 0.15) is 5.75 Å². The van der Waals surface area contributed by atoms with Gasteiger partial charge in [0.25, 0.3) is 5.91 Å². The molecule has 0 unspecified atom stereocenters. The number of fused-ring (bicyclic) bond motifs is 1. The van der Waals surface area contributed by atoms with E-state index in [9.17, 15) is 9.90 Å². The van der Waals surface area contributed by atoms with Crippen LogP contribution in [0.5, 0.6) is 17.2 Å². The zero-order valence-electron chi connectivity index (χ0n) is 10.2. The third-order valence-corrected chi connectivity index (χ3v) is 3.08. The van der Waals surface area contributed by atoms with Crippen LogP contribution in [-0.2, 0) is 0 Å². The van der Waals surface area contributed by atoms with Gasteiger partial charge in [-0.25, -0.2) is 0 Å². The summed E-state index contributed by atoms with van der Waals surface area (Å²) >= 11 is 5.82. The van der Waals surface area contributed by atoms with Crippen LogP contribution in [0.1, 0.15) is 10.4 Å². The van der Waals surface area contributed by atoms with Crippen LogP contribution in [0.2, 0.25) is 5.02 Å². The third kappa shape index (κ3) is 2.35. The molecule has 1 aliphatic heterocycles. The van der Waals surface area contributed by atoms with Crippen molar-refractivity contribution < 1.29 is 19.4 Å². The molecular weight excluding hydrogens is 282 g/mol. The quantitative estimate of drug-likeness (QED) is 0.835. The maximum Gasteiger partial charge on any atom is 0.255 e. The van der Waals surface area contributed by atoms with E-state index in [1.54, 1.807) is 18.2 Å². The monoisotopic (exact) mass is 291 g/mol. The average Bonchev–Trinajstić information content (AvgIpc) is 2.90. The molecule has 20 heavy (non-hydrogen) atoms. The van der Waals surface area contributed by atoms with Crippen LogP contribution in [-0.4, -0.2) is 17.8 Å². The van der Waals surface area contributed by atoms with Crippen molar-refractivity contribution in [3.63, 3.8) is 0 Å². The lowest BCUT2D eigenvalue weighted by Crippen LogP contribution is -2.11. The molecule has 0 saturated heterocycles. The number of ether oxygens (including phenoxy) is 2. The fourth-order valence-electron chi connectivity index (χ4n) is 1.84. The molecule has 0 bridgehead atoms. The van der Waals surface area contributed by atoms with Crippen molar-refractivity contribution in [3.8, 4) is 17.2 Å². The minimum atomic E-state index is -0.374. The Kier molecular flexibility index (Phi) is 3.12. The Hall–Kier alpha value is -2.40. The fourth-order valence-corrected chi connectivity index (χ4v) is 2.01. The second-order valence-corrected chi connectivity index (χ2v) is 4.62. The molecule has 0 aromatic heterocycles. The Morgan fingerprint density at radius 1 is 1.15 bits per heavy atom. The van der Waals surface area contributed by atoms with E-state index in [0.717, 1.165) is 0 Å². The SMILES string of the molecule is O=C(Nc1cc(Cl)ccc1O)c1ccc2c(c1)OCO2. The number of aromatic hydroxyl groups is 1. The van der Waals surface area contributed by atoms with Gasteiger partial charge >= 0.3 is 0 Å². The number of carbonyl (C=O) groups is 1. The molecule has 2 aromatic carbocycles. The van der Waals surface area contributed by atoms with Gasteiger partial charge in [-0.2, -0.15) is 0 Å². The molecule has 1 heterocycles. The molecule has 1 aliphatic rings. The molecule has 102 valence electrons. The van der Waals surface area contributed by atoms with E-state index in [-0.39, 0.29) is 24.1 Å². The zero-order valence-corrected chi connectivity index (χ0v) is 11.0. The summed E-state index contributed by atoms with van der Waals surface area (Å²) in [7, 11) is 0. The van der Waals surface area contributed by atoms with Gasteiger partial charge in [-0.1, -0.05) is 11.6 Å². The van der Waals surface area contributed by atoms with E-state index in [0.29, 0.717) is 22.1 Å². The molecule has 0 atom stereocenters. The third-order valence-electron chi connectivity index (χ3n) is 2.84. The highest BCUT2D eigenvalue weighted by Gasteiger charge is 2.17. The van der Waals surface area contributed by atoms with Gasteiger partial charge in [0, 0.05) is 10.6 Å². The Morgan fingerprint density at radius 3 is 2.80 bits per heavy atom. The highest BCUT2D eigenvalue weighted by Crippen LogP contribution is 2.33. The van der Waals surface area contributed by atoms with E-state index in [4.69, 9.17) is 21.1 Å². The van der Waals surface area contributed by atoms with Crippen molar-refractivity contribution in [2.45, 2.75) is 0 Å². The van der Waals surface area contributed by atoms with E-state index in [1.165, 1.54) is 18.2 Å². The first kappa shape index (κ1) is 12.6. The summed E-state index contributed by atoms with van der Waals surface area (Å²) in [4.78, 5) is 12.1. The summed E-state index contributed by atoms with van der Waals surface area (Å²) in [5.41, 5.74) is 0.647. The topological polar surface area (TPSA) is 67.8 Å². The number of nitrogens with one attached hydrogen (secondary N) is 1. The van der Waals surface area contributed by atoms with Gasteiger partial charge in [-0.15, -0.1) is 0 Å². The van der Waals surface area contributed by atoms with Crippen molar-refractivity contribution >= 4 is 23.2 Å². The van der Waals surface area contributed by atoms with Gasteiger partial charge in [-0.3, -0.25) is 4.79 Å². The first-order valence-corrected chi connectivity index (χ1v) is 6.21. The molecule has 3 rings (SSSR count). The molecule has 0 spiro atoms. The Labute approximate surface area is 119 Å². The van der Waals surface area contributed by atoms with Gasteiger partial charge in [-0.05, 0) is 36.4 Å². The van der Waals surface area contributed by atoms with E-state index >= 15 is 0 Å². The minimum Gasteiger partial charge on any atom is -0.506 e. The Balaban J connectivity index is 1.84. The second kappa shape index (κ2) is 4.94. The molecule has 1 amide bonds. The number of benzene rings is 2. The van der Waals surface area contributed by atoms with Crippen molar-refractivity contribution in [2.75, 3.05) is 12.1 Å². The Morgan fingerprint density at radius 2 is 1.95 bits per heavy atom. The van der Waals surface area contributed by atoms with Crippen molar-refractivity contribution in [1.29, 1.82) is 0 Å². The number of rotatable bonds is 2. The van der Waals surface area contributed by atoms with E-state index in [1.807, 2.05) is 0 Å². The largest absolute Gasteiger partial charge is 0.506 e. The smallest absolute Gasteiger partial charge is 0.255 e. The summed E-state index contributed by atoms with van der Waals surface area (Å²) in [5.74, 6) is 0.699. The minimum absolute atomic E-state index is 0.0523. The van der Waals surface area contributed by atoms with Crippen molar-refractivity contribution in [1.82, 2.24) is 0 Å². The number of carbonyl (C=O) groups excluding carboxylic acids is 1. The number of halogens is 1. The van der Waals surface area contributed by atoms with Crippen LogP contribution in [0.3, 0.4) is 0 Å². The van der Waals surface area contributed by atoms with Crippen molar-refractivity contribution in [2.24, 2.45) is 0 Å². The molecule has 0 saturated carbocycles. The van der Waals surface area contributed by atoms with E-state index in [2.05, 4.69) is 5.32 Å². The first-order valence-electron chi connectivity index (χ1n) is 5.83. The summed E-state index contributed by atoms with van der Waals surface area (Å²) in [6.07, 6.45) is 0. The van der Waals surface area contributed by atoms with Crippen LogP contribution >= 0.6 is 11.6 Å². The lowest BCUT2D eigenvalue weighted by molar-refractivity contribution is 0.102. The molecule has 0 radical (unpaired) electrons. The number of hydrogen-bond donors (Lipinski definition) is 2. The number of anilines is 1. The van der Waals surface area contributed by atoms with Crippen molar-refractivity contribution in [3.05, 3.63) is 47.0 Å². The summed E-state index contributed by atoms with van der Waals surface area (Å²) in [6, 6.07) is 9.28. The van der Waals surface area contributed by atoms with Gasteiger partial charge < -0.3 is 19.9 Å². The lowest BCUT2D eigenvalue weighted by Gasteiger charge is -2.08. The molecule has 0 fully saturated rings. The molecule has 5 nitrogen and oxygen atoms in total. The number of phenolic OH excluding ortho intramolecular Hbond substituents is 1. The zero-order chi connectivity index (χ0) is 14.1. The van der Waals surface area contributed by atoms with Crippen LogP contribution in [0, 0.1) is 0 Å². The highest BCUT2D eigenvalue weighted by molar-refractivity contribution is 6.31.